The lowest BCUT2D eigenvalue weighted by Crippen LogP contribution is -2.23. The quantitative estimate of drug-likeness (QED) is 0.868. The molecule has 18 heavy (non-hydrogen) atoms. The van der Waals surface area contributed by atoms with Crippen molar-refractivity contribution in [2.45, 2.75) is 65.5 Å². The van der Waals surface area contributed by atoms with Gasteiger partial charge in [-0.15, -0.1) is 0 Å². The molecule has 2 N–H and O–H groups in total. The first-order chi connectivity index (χ1) is 8.53. The molecule has 0 aliphatic heterocycles. The fraction of sp³-hybridized carbons (Fsp3) is 0.750. The molecule has 1 heterocycles. The second kappa shape index (κ2) is 4.12. The lowest BCUT2D eigenvalue weighted by Gasteiger charge is -2.26. The van der Waals surface area contributed by atoms with Gasteiger partial charge in [-0.2, -0.15) is 0 Å². The van der Waals surface area contributed by atoms with Gasteiger partial charge in [-0.05, 0) is 62.0 Å². The van der Waals surface area contributed by atoms with Crippen LogP contribution >= 0.6 is 0 Å². The van der Waals surface area contributed by atoms with Gasteiger partial charge in [0.15, 0.2) is 0 Å². The summed E-state index contributed by atoms with van der Waals surface area (Å²) < 4.78 is 2.58. The predicted molar refractivity (Wildman–Crippen MR) is 75.5 cm³/mol. The average molecular weight is 246 g/mol. The van der Waals surface area contributed by atoms with Gasteiger partial charge < -0.3 is 10.3 Å². The Morgan fingerprint density at radius 1 is 1.44 bits per heavy atom. The second-order valence-electron chi connectivity index (χ2n) is 6.79. The van der Waals surface area contributed by atoms with Crippen LogP contribution in [0.5, 0.6) is 0 Å². The molecule has 2 heteroatoms. The van der Waals surface area contributed by atoms with Gasteiger partial charge >= 0.3 is 0 Å². The van der Waals surface area contributed by atoms with Gasteiger partial charge in [-0.25, -0.2) is 0 Å². The van der Waals surface area contributed by atoms with E-state index in [9.17, 15) is 0 Å². The molecule has 0 bridgehead atoms. The van der Waals surface area contributed by atoms with E-state index in [2.05, 4.69) is 31.4 Å². The third kappa shape index (κ3) is 1.82. The maximum atomic E-state index is 6.25. The van der Waals surface area contributed by atoms with Gasteiger partial charge in [-0.1, -0.05) is 13.8 Å². The molecule has 1 saturated carbocycles. The van der Waals surface area contributed by atoms with Crippen LogP contribution < -0.4 is 5.73 Å². The maximum Gasteiger partial charge on any atom is 0.0313 e. The van der Waals surface area contributed by atoms with E-state index in [4.69, 9.17) is 5.73 Å². The molecule has 2 aliphatic carbocycles. The lowest BCUT2D eigenvalue weighted by molar-refractivity contribution is 0.301. The van der Waals surface area contributed by atoms with Crippen LogP contribution in [0.1, 0.15) is 62.5 Å². The van der Waals surface area contributed by atoms with Crippen LogP contribution in [0.15, 0.2) is 6.07 Å². The van der Waals surface area contributed by atoms with Crippen molar-refractivity contribution >= 4 is 0 Å². The van der Waals surface area contributed by atoms with Crippen LogP contribution in [0.3, 0.4) is 0 Å². The summed E-state index contributed by atoms with van der Waals surface area (Å²) in [6.07, 6.45) is 6.45. The molecule has 1 fully saturated rings. The van der Waals surface area contributed by atoms with Crippen LogP contribution in [0.4, 0.5) is 0 Å². The van der Waals surface area contributed by atoms with E-state index in [1.54, 1.807) is 0 Å². The Balaban J connectivity index is 1.93. The number of nitrogens with two attached hydrogens (primary N) is 1. The molecule has 2 aliphatic rings. The van der Waals surface area contributed by atoms with E-state index < -0.39 is 0 Å². The molecule has 0 spiro atoms. The first kappa shape index (κ1) is 12.3. The standard InChI is InChI=1S/C16H26N2/c1-11(2)16(7-8-16)10-18-12(3)9-13-14(17)5-4-6-15(13)18/h9,11,14H,4-8,10,17H2,1-3H3. The predicted octanol–water partition coefficient (Wildman–Crippen LogP) is 3.57. The van der Waals surface area contributed by atoms with Gasteiger partial charge in [0.1, 0.15) is 0 Å². The minimum Gasteiger partial charge on any atom is -0.348 e. The van der Waals surface area contributed by atoms with Crippen molar-refractivity contribution in [3.63, 3.8) is 0 Å². The number of nitrogens with zero attached hydrogens (tertiary/aromatic N) is 1. The molecule has 3 rings (SSSR count). The highest BCUT2D eigenvalue weighted by Gasteiger charge is 2.46. The Hall–Kier alpha value is -0.760. The van der Waals surface area contributed by atoms with E-state index in [1.165, 1.54) is 49.2 Å². The van der Waals surface area contributed by atoms with Crippen molar-refractivity contribution in [2.75, 3.05) is 0 Å². The summed E-state index contributed by atoms with van der Waals surface area (Å²) in [6, 6.07) is 2.62. The number of aryl methyl sites for hydroxylation is 1. The first-order valence-electron chi connectivity index (χ1n) is 7.48. The molecule has 0 radical (unpaired) electrons. The summed E-state index contributed by atoms with van der Waals surface area (Å²) in [5.41, 5.74) is 11.2. The summed E-state index contributed by atoms with van der Waals surface area (Å²) in [4.78, 5) is 0. The Bertz CT molecular complexity index is 452. The van der Waals surface area contributed by atoms with Gasteiger partial charge in [0.05, 0.1) is 0 Å². The van der Waals surface area contributed by atoms with Crippen LogP contribution in [0.25, 0.3) is 0 Å². The summed E-state index contributed by atoms with van der Waals surface area (Å²) in [5.74, 6) is 0.798. The van der Waals surface area contributed by atoms with Crippen molar-refractivity contribution in [2.24, 2.45) is 17.1 Å². The second-order valence-corrected chi connectivity index (χ2v) is 6.79. The highest BCUT2D eigenvalue weighted by Crippen LogP contribution is 2.53. The minimum absolute atomic E-state index is 0.280. The summed E-state index contributed by atoms with van der Waals surface area (Å²) >= 11 is 0. The van der Waals surface area contributed by atoms with Gasteiger partial charge in [-0.3, -0.25) is 0 Å². The molecule has 1 aromatic rings. The van der Waals surface area contributed by atoms with Crippen LogP contribution in [0.2, 0.25) is 0 Å². The molecule has 2 nitrogen and oxygen atoms in total. The molecule has 0 amide bonds. The lowest BCUT2D eigenvalue weighted by atomic mass is 9.91. The number of fused-ring (bicyclic) bond motifs is 1. The van der Waals surface area contributed by atoms with Gasteiger partial charge in [0.25, 0.3) is 0 Å². The number of hydrogen-bond acceptors (Lipinski definition) is 1. The highest BCUT2D eigenvalue weighted by molar-refractivity contribution is 5.33. The van der Waals surface area contributed by atoms with Crippen molar-refractivity contribution < 1.29 is 0 Å². The van der Waals surface area contributed by atoms with Gasteiger partial charge in [0, 0.05) is 24.0 Å². The van der Waals surface area contributed by atoms with Crippen molar-refractivity contribution in [3.05, 3.63) is 23.0 Å². The molecule has 1 unspecified atom stereocenters. The van der Waals surface area contributed by atoms with E-state index in [1.807, 2.05) is 0 Å². The maximum absolute atomic E-state index is 6.25. The topological polar surface area (TPSA) is 30.9 Å². The monoisotopic (exact) mass is 246 g/mol. The van der Waals surface area contributed by atoms with E-state index in [0.717, 1.165) is 12.3 Å². The first-order valence-corrected chi connectivity index (χ1v) is 7.48. The normalized spacial score (nSPS) is 25.3. The highest BCUT2D eigenvalue weighted by atomic mass is 15.0. The Kier molecular flexibility index (Phi) is 2.81. The van der Waals surface area contributed by atoms with Crippen LogP contribution in [-0.4, -0.2) is 4.57 Å². The third-order valence-corrected chi connectivity index (χ3v) is 5.37. The Labute approximate surface area is 111 Å². The molecular weight excluding hydrogens is 220 g/mol. The summed E-state index contributed by atoms with van der Waals surface area (Å²) in [5, 5.41) is 0. The molecule has 100 valence electrons. The van der Waals surface area contributed by atoms with Crippen LogP contribution in [-0.2, 0) is 13.0 Å². The SMILES string of the molecule is Cc1cc2c(n1CC1(C(C)C)CC1)CCCC2N. The fourth-order valence-corrected chi connectivity index (χ4v) is 3.61. The summed E-state index contributed by atoms with van der Waals surface area (Å²) in [6.45, 7) is 8.23. The number of rotatable bonds is 3. The van der Waals surface area contributed by atoms with E-state index in [-0.39, 0.29) is 6.04 Å². The third-order valence-electron chi connectivity index (χ3n) is 5.37. The fourth-order valence-electron chi connectivity index (χ4n) is 3.61. The van der Waals surface area contributed by atoms with E-state index in [0.29, 0.717) is 5.41 Å². The smallest absolute Gasteiger partial charge is 0.0313 e. The molecule has 0 saturated heterocycles. The number of aromatic nitrogens is 1. The number of hydrogen-bond donors (Lipinski definition) is 1. The molecule has 0 aromatic carbocycles. The minimum atomic E-state index is 0.280. The Morgan fingerprint density at radius 3 is 2.78 bits per heavy atom. The average Bonchev–Trinajstić information content (AvgIpc) is 3.03. The largest absolute Gasteiger partial charge is 0.348 e. The molecule has 1 atom stereocenters. The van der Waals surface area contributed by atoms with Crippen LogP contribution in [0, 0.1) is 18.3 Å². The summed E-state index contributed by atoms with van der Waals surface area (Å²) in [7, 11) is 0. The van der Waals surface area contributed by atoms with Crippen molar-refractivity contribution in [1.29, 1.82) is 0 Å². The molecule has 1 aromatic heterocycles. The van der Waals surface area contributed by atoms with Crippen molar-refractivity contribution in [3.8, 4) is 0 Å². The van der Waals surface area contributed by atoms with Gasteiger partial charge in [0.2, 0.25) is 0 Å². The zero-order valence-electron chi connectivity index (χ0n) is 12.0. The molecular formula is C16H26N2. The Morgan fingerprint density at radius 2 is 2.17 bits per heavy atom. The van der Waals surface area contributed by atoms with E-state index >= 15 is 0 Å². The van der Waals surface area contributed by atoms with Crippen molar-refractivity contribution in [1.82, 2.24) is 4.57 Å². The zero-order valence-corrected chi connectivity index (χ0v) is 12.0. The zero-order chi connectivity index (χ0) is 12.9.